The molecule has 1 heterocycles. The highest BCUT2D eigenvalue weighted by molar-refractivity contribution is 7.80. The largest absolute Gasteiger partial charge is 0.493 e. The summed E-state index contributed by atoms with van der Waals surface area (Å²) in [6, 6.07) is 18.9. The highest BCUT2D eigenvalue weighted by atomic mass is 32.1. The standard InChI is InChI=1S/C19H19N5O2S/c1-25-16-10-8-13(12-17(16)26-2)15-9-11-18(22-21-15)23-24-19(27)20-14-6-4-3-5-7-14/h3-12H,1-2H3,(H,22,23)(H2,20,24,27). The molecule has 27 heavy (non-hydrogen) atoms. The maximum Gasteiger partial charge on any atom is 0.189 e. The van der Waals surface area contributed by atoms with E-state index in [4.69, 9.17) is 21.7 Å². The maximum atomic E-state index is 5.32. The van der Waals surface area contributed by atoms with Gasteiger partial charge in [0.05, 0.1) is 19.9 Å². The fourth-order valence-corrected chi connectivity index (χ4v) is 2.52. The van der Waals surface area contributed by atoms with Gasteiger partial charge in [0.1, 0.15) is 0 Å². The van der Waals surface area contributed by atoms with Crippen LogP contribution in [0.5, 0.6) is 11.5 Å². The van der Waals surface area contributed by atoms with Gasteiger partial charge < -0.3 is 14.8 Å². The lowest BCUT2D eigenvalue weighted by molar-refractivity contribution is 0.355. The number of thiocarbonyl (C=S) groups is 1. The van der Waals surface area contributed by atoms with Crippen LogP contribution in [0, 0.1) is 0 Å². The first-order chi connectivity index (χ1) is 13.2. The molecule has 0 aliphatic carbocycles. The van der Waals surface area contributed by atoms with Crippen LogP contribution in [-0.2, 0) is 0 Å². The molecule has 0 aliphatic rings. The summed E-state index contributed by atoms with van der Waals surface area (Å²) in [6.45, 7) is 0. The monoisotopic (exact) mass is 381 g/mol. The van der Waals surface area contributed by atoms with Crippen molar-refractivity contribution < 1.29 is 9.47 Å². The summed E-state index contributed by atoms with van der Waals surface area (Å²) < 4.78 is 10.6. The van der Waals surface area contributed by atoms with Crippen LogP contribution >= 0.6 is 12.2 Å². The van der Waals surface area contributed by atoms with E-state index in [1.807, 2.05) is 54.6 Å². The van der Waals surface area contributed by atoms with Crippen molar-refractivity contribution in [3.8, 4) is 22.8 Å². The lowest BCUT2D eigenvalue weighted by Gasteiger charge is -2.12. The normalized spacial score (nSPS) is 10.0. The fraction of sp³-hybridized carbons (Fsp3) is 0.105. The Morgan fingerprint density at radius 1 is 0.889 bits per heavy atom. The Bertz CT molecular complexity index is 904. The van der Waals surface area contributed by atoms with Gasteiger partial charge in [0.15, 0.2) is 22.4 Å². The van der Waals surface area contributed by atoms with Crippen LogP contribution in [0.15, 0.2) is 60.7 Å². The summed E-state index contributed by atoms with van der Waals surface area (Å²) in [7, 11) is 3.19. The quantitative estimate of drug-likeness (QED) is 0.442. The van der Waals surface area contributed by atoms with E-state index in [9.17, 15) is 0 Å². The van der Waals surface area contributed by atoms with Crippen molar-refractivity contribution in [1.29, 1.82) is 0 Å². The van der Waals surface area contributed by atoms with Gasteiger partial charge in [0.25, 0.3) is 0 Å². The van der Waals surface area contributed by atoms with Crippen LogP contribution < -0.4 is 25.6 Å². The predicted molar refractivity (Wildman–Crippen MR) is 110 cm³/mol. The lowest BCUT2D eigenvalue weighted by Crippen LogP contribution is -2.33. The number of nitrogens with one attached hydrogen (secondary N) is 3. The van der Waals surface area contributed by atoms with Crippen molar-refractivity contribution in [2.24, 2.45) is 0 Å². The molecule has 7 nitrogen and oxygen atoms in total. The summed E-state index contributed by atoms with van der Waals surface area (Å²) in [5.41, 5.74) is 8.27. The zero-order valence-electron chi connectivity index (χ0n) is 14.9. The molecule has 0 bridgehead atoms. The summed E-state index contributed by atoms with van der Waals surface area (Å²) in [6.07, 6.45) is 0. The zero-order valence-corrected chi connectivity index (χ0v) is 15.7. The average Bonchev–Trinajstić information content (AvgIpc) is 2.73. The molecule has 0 spiro atoms. The Kier molecular flexibility index (Phi) is 6.01. The Hall–Kier alpha value is -3.39. The third-order valence-corrected chi connectivity index (χ3v) is 3.88. The first-order valence-electron chi connectivity index (χ1n) is 8.14. The third kappa shape index (κ3) is 4.83. The number of benzene rings is 2. The highest BCUT2D eigenvalue weighted by Gasteiger charge is 2.08. The van der Waals surface area contributed by atoms with Gasteiger partial charge in [-0.1, -0.05) is 18.2 Å². The number of methoxy groups -OCH3 is 2. The second kappa shape index (κ2) is 8.81. The van der Waals surface area contributed by atoms with Gasteiger partial charge in [0.2, 0.25) is 0 Å². The van der Waals surface area contributed by atoms with E-state index in [2.05, 4.69) is 26.4 Å². The van der Waals surface area contributed by atoms with E-state index in [0.717, 1.165) is 11.3 Å². The number of hydrogen-bond acceptors (Lipinski definition) is 6. The van der Waals surface area contributed by atoms with Gasteiger partial charge in [-0.25, -0.2) is 0 Å². The number of para-hydroxylation sites is 1. The first-order valence-corrected chi connectivity index (χ1v) is 8.54. The molecule has 0 saturated carbocycles. The minimum atomic E-state index is 0.423. The van der Waals surface area contributed by atoms with Crippen LogP contribution in [0.3, 0.4) is 0 Å². The molecular formula is C19H19N5O2S. The van der Waals surface area contributed by atoms with E-state index in [-0.39, 0.29) is 0 Å². The van der Waals surface area contributed by atoms with Crippen LogP contribution in [0.4, 0.5) is 11.5 Å². The smallest absolute Gasteiger partial charge is 0.189 e. The van der Waals surface area contributed by atoms with E-state index < -0.39 is 0 Å². The minimum Gasteiger partial charge on any atom is -0.493 e. The van der Waals surface area contributed by atoms with Gasteiger partial charge in [-0.15, -0.1) is 10.2 Å². The predicted octanol–water partition coefficient (Wildman–Crippen LogP) is 3.47. The highest BCUT2D eigenvalue weighted by Crippen LogP contribution is 2.31. The van der Waals surface area contributed by atoms with Gasteiger partial charge in [-0.05, 0) is 54.7 Å². The second-order valence-electron chi connectivity index (χ2n) is 5.44. The SMILES string of the molecule is COc1ccc(-c2ccc(NNC(=S)Nc3ccccc3)nn2)cc1OC. The Balaban J connectivity index is 1.61. The molecule has 0 amide bonds. The summed E-state index contributed by atoms with van der Waals surface area (Å²) in [4.78, 5) is 0. The van der Waals surface area contributed by atoms with E-state index in [0.29, 0.717) is 28.1 Å². The van der Waals surface area contributed by atoms with Gasteiger partial charge >= 0.3 is 0 Å². The van der Waals surface area contributed by atoms with Crippen molar-refractivity contribution in [2.75, 3.05) is 25.0 Å². The fourth-order valence-electron chi connectivity index (χ4n) is 2.35. The molecule has 3 rings (SSSR count). The molecule has 0 saturated heterocycles. The Morgan fingerprint density at radius 2 is 1.67 bits per heavy atom. The zero-order chi connectivity index (χ0) is 19.1. The number of hydrazine groups is 1. The molecule has 0 atom stereocenters. The van der Waals surface area contributed by atoms with Crippen LogP contribution in [0.25, 0.3) is 11.3 Å². The second-order valence-corrected chi connectivity index (χ2v) is 5.85. The molecule has 138 valence electrons. The van der Waals surface area contributed by atoms with E-state index in [1.165, 1.54) is 0 Å². The molecule has 0 aliphatic heterocycles. The number of ether oxygens (including phenoxy) is 2. The van der Waals surface area contributed by atoms with Gasteiger partial charge in [-0.2, -0.15) is 0 Å². The number of aromatic nitrogens is 2. The van der Waals surface area contributed by atoms with Crippen LogP contribution in [0.2, 0.25) is 0 Å². The topological polar surface area (TPSA) is 80.3 Å². The summed E-state index contributed by atoms with van der Waals surface area (Å²) in [5, 5.41) is 11.9. The van der Waals surface area contributed by atoms with Crippen molar-refractivity contribution in [1.82, 2.24) is 15.6 Å². The molecule has 8 heteroatoms. The van der Waals surface area contributed by atoms with Gasteiger partial charge in [-0.3, -0.25) is 10.9 Å². The lowest BCUT2D eigenvalue weighted by atomic mass is 10.1. The number of rotatable bonds is 6. The molecule has 0 unspecified atom stereocenters. The van der Waals surface area contributed by atoms with E-state index >= 15 is 0 Å². The molecule has 1 aromatic heterocycles. The molecule has 0 radical (unpaired) electrons. The Morgan fingerprint density at radius 3 is 2.33 bits per heavy atom. The number of hydrogen-bond donors (Lipinski definition) is 3. The summed E-state index contributed by atoms with van der Waals surface area (Å²) >= 11 is 5.23. The number of anilines is 2. The average molecular weight is 381 g/mol. The molecule has 3 N–H and O–H groups in total. The first kappa shape index (κ1) is 18.4. The summed E-state index contributed by atoms with van der Waals surface area (Å²) in [5.74, 6) is 1.84. The minimum absolute atomic E-state index is 0.423. The van der Waals surface area contributed by atoms with Crippen LogP contribution in [-0.4, -0.2) is 29.5 Å². The van der Waals surface area contributed by atoms with Crippen molar-refractivity contribution >= 4 is 28.8 Å². The van der Waals surface area contributed by atoms with Crippen molar-refractivity contribution in [3.63, 3.8) is 0 Å². The molecular weight excluding hydrogens is 362 g/mol. The van der Waals surface area contributed by atoms with Gasteiger partial charge in [0, 0.05) is 11.3 Å². The van der Waals surface area contributed by atoms with E-state index in [1.54, 1.807) is 20.3 Å². The van der Waals surface area contributed by atoms with Crippen molar-refractivity contribution in [3.05, 3.63) is 60.7 Å². The van der Waals surface area contributed by atoms with Crippen LogP contribution in [0.1, 0.15) is 0 Å². The molecule has 2 aromatic carbocycles. The number of nitrogens with zero attached hydrogens (tertiary/aromatic N) is 2. The maximum absolute atomic E-state index is 5.32. The third-order valence-electron chi connectivity index (χ3n) is 3.68. The molecule has 0 fully saturated rings. The van der Waals surface area contributed by atoms with Crippen molar-refractivity contribution in [2.45, 2.75) is 0 Å². The molecule has 3 aromatic rings. The Labute approximate surface area is 162 Å².